The minimum atomic E-state index is 0.133. The molecular weight excluding hydrogens is 418 g/mol. The van der Waals surface area contributed by atoms with Gasteiger partial charge in [-0.2, -0.15) is 0 Å². The van der Waals surface area contributed by atoms with Crippen molar-refractivity contribution in [3.05, 3.63) is 95.4 Å². The summed E-state index contributed by atoms with van der Waals surface area (Å²) in [5, 5.41) is 4.98. The van der Waals surface area contributed by atoms with Crippen molar-refractivity contribution in [3.63, 3.8) is 0 Å². The Hall–Kier alpha value is -3.70. The summed E-state index contributed by atoms with van der Waals surface area (Å²) in [7, 11) is 0. The fourth-order valence-electron chi connectivity index (χ4n) is 3.77. The Bertz CT molecular complexity index is 1420. The lowest BCUT2D eigenvalue weighted by Crippen LogP contribution is -2.16. The van der Waals surface area contributed by atoms with Gasteiger partial charge >= 0.3 is 0 Å². The SMILES string of the molecule is CC(C)/N=c1\cc2n(-c3ccc(Cl)cc3)c3ccccc3nc-2cc1Nc1ccccn1. The average molecular weight is 440 g/mol. The molecule has 0 spiro atoms. The van der Waals surface area contributed by atoms with Crippen molar-refractivity contribution in [1.82, 2.24) is 14.5 Å². The highest BCUT2D eigenvalue weighted by molar-refractivity contribution is 6.30. The molecule has 0 radical (unpaired) electrons. The van der Waals surface area contributed by atoms with Gasteiger partial charge in [0.25, 0.3) is 0 Å². The molecule has 6 heteroatoms. The van der Waals surface area contributed by atoms with Crippen molar-refractivity contribution >= 4 is 34.1 Å². The molecular formula is C26H22ClN5. The highest BCUT2D eigenvalue weighted by Gasteiger charge is 2.16. The van der Waals surface area contributed by atoms with Crippen LogP contribution in [0.4, 0.5) is 11.5 Å². The molecule has 1 aliphatic carbocycles. The van der Waals surface area contributed by atoms with Crippen molar-refractivity contribution in [1.29, 1.82) is 0 Å². The number of anilines is 2. The zero-order chi connectivity index (χ0) is 22.1. The maximum Gasteiger partial charge on any atom is 0.130 e. The van der Waals surface area contributed by atoms with Gasteiger partial charge in [-0.15, -0.1) is 0 Å². The standard InChI is InChI=1S/C26H22ClN5/c1-17(2)29-22-16-25-23(15-21(22)31-26-9-5-6-14-28-26)30-20-7-3-4-8-24(20)32(25)19-12-10-18(27)11-13-19/h3-17H,1-2H3,(H,28,31)/b29-22+. The number of para-hydroxylation sites is 2. The van der Waals surface area contributed by atoms with Gasteiger partial charge < -0.3 is 9.88 Å². The van der Waals surface area contributed by atoms with E-state index in [4.69, 9.17) is 21.6 Å². The van der Waals surface area contributed by atoms with E-state index in [1.165, 1.54) is 0 Å². The lowest BCUT2D eigenvalue weighted by Gasteiger charge is -2.20. The van der Waals surface area contributed by atoms with Gasteiger partial charge in [0.1, 0.15) is 5.82 Å². The largest absolute Gasteiger partial charge is 0.338 e. The smallest absolute Gasteiger partial charge is 0.130 e. The summed E-state index contributed by atoms with van der Waals surface area (Å²) < 4.78 is 2.21. The topological polar surface area (TPSA) is 55.1 Å². The van der Waals surface area contributed by atoms with Gasteiger partial charge in [-0.05, 0) is 74.5 Å². The summed E-state index contributed by atoms with van der Waals surface area (Å²) >= 11 is 6.17. The first-order chi connectivity index (χ1) is 15.6. The van der Waals surface area contributed by atoms with Gasteiger partial charge in [0.2, 0.25) is 0 Å². The van der Waals surface area contributed by atoms with Gasteiger partial charge in [-0.25, -0.2) is 9.97 Å². The molecule has 0 unspecified atom stereocenters. The van der Waals surface area contributed by atoms with E-state index in [0.29, 0.717) is 5.02 Å². The van der Waals surface area contributed by atoms with Crippen LogP contribution in [0.2, 0.25) is 5.02 Å². The summed E-state index contributed by atoms with van der Waals surface area (Å²) in [6.07, 6.45) is 1.77. The molecule has 1 aliphatic heterocycles. The minimum Gasteiger partial charge on any atom is -0.338 e. The monoisotopic (exact) mass is 439 g/mol. The maximum absolute atomic E-state index is 6.17. The van der Waals surface area contributed by atoms with Gasteiger partial charge in [0.05, 0.1) is 33.5 Å². The molecule has 1 aromatic heterocycles. The molecule has 0 saturated carbocycles. The Morgan fingerprint density at radius 1 is 0.938 bits per heavy atom. The number of halogens is 1. The van der Waals surface area contributed by atoms with Crippen LogP contribution in [0.25, 0.3) is 28.1 Å². The molecule has 5 nitrogen and oxygen atoms in total. The number of nitrogens with zero attached hydrogens (tertiary/aromatic N) is 4. The maximum atomic E-state index is 6.17. The van der Waals surface area contributed by atoms with Crippen molar-refractivity contribution < 1.29 is 0 Å². The molecule has 2 aliphatic rings. The predicted octanol–water partition coefficient (Wildman–Crippen LogP) is 6.23. The van der Waals surface area contributed by atoms with Crippen LogP contribution in [0.5, 0.6) is 0 Å². The van der Waals surface area contributed by atoms with Crippen LogP contribution in [-0.4, -0.2) is 20.6 Å². The molecule has 0 saturated heterocycles. The first kappa shape index (κ1) is 20.2. The summed E-state index contributed by atoms with van der Waals surface area (Å²) in [6, 6.07) is 26.0. The number of nitrogens with one attached hydrogen (secondary N) is 1. The summed E-state index contributed by atoms with van der Waals surface area (Å²) in [5.41, 5.74) is 5.64. The number of aromatic nitrogens is 3. The molecule has 32 heavy (non-hydrogen) atoms. The third-order valence-electron chi connectivity index (χ3n) is 5.11. The van der Waals surface area contributed by atoms with Crippen molar-refractivity contribution in [3.8, 4) is 17.1 Å². The molecule has 158 valence electrons. The number of rotatable bonds is 4. The van der Waals surface area contributed by atoms with E-state index >= 15 is 0 Å². The van der Waals surface area contributed by atoms with E-state index in [0.717, 1.165) is 45.0 Å². The molecule has 0 fully saturated rings. The second-order valence-corrected chi connectivity index (χ2v) is 8.27. The van der Waals surface area contributed by atoms with Gasteiger partial charge in [0, 0.05) is 22.9 Å². The van der Waals surface area contributed by atoms with Gasteiger partial charge in [-0.1, -0.05) is 29.8 Å². The number of hydrogen-bond donors (Lipinski definition) is 1. The Kier molecular flexibility index (Phi) is 5.33. The van der Waals surface area contributed by atoms with Crippen LogP contribution < -0.4 is 10.7 Å². The van der Waals surface area contributed by atoms with Crippen LogP contribution in [0.15, 0.2) is 90.1 Å². The normalized spacial score (nSPS) is 12.1. The predicted molar refractivity (Wildman–Crippen MR) is 131 cm³/mol. The summed E-state index contributed by atoms with van der Waals surface area (Å²) in [5.74, 6) is 0.762. The highest BCUT2D eigenvalue weighted by Crippen LogP contribution is 2.30. The van der Waals surface area contributed by atoms with Crippen LogP contribution >= 0.6 is 11.6 Å². The number of fused-ring (bicyclic) bond motifs is 2. The van der Waals surface area contributed by atoms with Crippen LogP contribution in [0.1, 0.15) is 13.8 Å². The van der Waals surface area contributed by atoms with E-state index in [9.17, 15) is 0 Å². The second kappa shape index (κ2) is 8.44. The molecule has 2 aromatic carbocycles. The first-order valence-corrected chi connectivity index (χ1v) is 10.9. The van der Waals surface area contributed by atoms with Crippen molar-refractivity contribution in [2.45, 2.75) is 19.9 Å². The molecule has 1 N–H and O–H groups in total. The lowest BCUT2D eigenvalue weighted by molar-refractivity contribution is 0.805. The first-order valence-electron chi connectivity index (χ1n) is 10.5. The zero-order valence-electron chi connectivity index (χ0n) is 17.8. The van der Waals surface area contributed by atoms with Crippen molar-refractivity contribution in [2.75, 3.05) is 5.32 Å². The van der Waals surface area contributed by atoms with E-state index in [2.05, 4.69) is 40.8 Å². The fourth-order valence-corrected chi connectivity index (χ4v) is 3.90. The Labute approximate surface area is 191 Å². The quantitative estimate of drug-likeness (QED) is 0.337. The van der Waals surface area contributed by atoms with Crippen LogP contribution in [-0.2, 0) is 0 Å². The fraction of sp³-hybridized carbons (Fsp3) is 0.115. The van der Waals surface area contributed by atoms with E-state index in [1.807, 2.05) is 66.7 Å². The molecule has 0 amide bonds. The summed E-state index contributed by atoms with van der Waals surface area (Å²) in [4.78, 5) is 14.2. The Morgan fingerprint density at radius 2 is 1.72 bits per heavy atom. The number of pyridine rings is 1. The van der Waals surface area contributed by atoms with Crippen LogP contribution in [0, 0.1) is 0 Å². The van der Waals surface area contributed by atoms with E-state index in [1.54, 1.807) is 6.20 Å². The van der Waals surface area contributed by atoms with Crippen molar-refractivity contribution in [2.24, 2.45) is 4.99 Å². The van der Waals surface area contributed by atoms with E-state index in [-0.39, 0.29) is 6.04 Å². The Balaban J connectivity index is 1.83. The number of benzene rings is 3. The second-order valence-electron chi connectivity index (χ2n) is 7.83. The van der Waals surface area contributed by atoms with Gasteiger partial charge in [0.15, 0.2) is 0 Å². The molecule has 5 rings (SSSR count). The average Bonchev–Trinajstić information content (AvgIpc) is 2.79. The highest BCUT2D eigenvalue weighted by atomic mass is 35.5. The zero-order valence-corrected chi connectivity index (χ0v) is 18.6. The summed E-state index contributed by atoms with van der Waals surface area (Å²) in [6.45, 7) is 4.14. The molecule has 0 atom stereocenters. The third-order valence-corrected chi connectivity index (χ3v) is 5.36. The minimum absolute atomic E-state index is 0.133. The third kappa shape index (κ3) is 3.95. The Morgan fingerprint density at radius 3 is 2.47 bits per heavy atom. The van der Waals surface area contributed by atoms with Crippen LogP contribution in [0.3, 0.4) is 0 Å². The van der Waals surface area contributed by atoms with E-state index < -0.39 is 0 Å². The number of hydrogen-bond acceptors (Lipinski definition) is 4. The molecule has 0 bridgehead atoms. The van der Waals surface area contributed by atoms with Gasteiger partial charge in [-0.3, -0.25) is 4.99 Å². The molecule has 3 aromatic rings. The lowest BCUT2D eigenvalue weighted by atomic mass is 10.1. The molecule has 2 heterocycles.